The minimum absolute atomic E-state index is 0.154. The molecule has 146 valence electrons. The Morgan fingerprint density at radius 1 is 1.26 bits per heavy atom. The van der Waals surface area contributed by atoms with E-state index in [4.69, 9.17) is 4.42 Å². The van der Waals surface area contributed by atoms with Gasteiger partial charge in [-0.05, 0) is 37.6 Å². The molecule has 0 radical (unpaired) electrons. The number of quaternary nitrogens is 1. The number of likely N-dealkylation sites (tertiary alicyclic amines) is 1. The first kappa shape index (κ1) is 19.6. The molecule has 2 N–H and O–H groups in total. The Bertz CT molecular complexity index is 904. The summed E-state index contributed by atoms with van der Waals surface area (Å²) in [5.74, 6) is -0.135. The number of benzene rings is 1. The second kappa shape index (κ2) is 8.27. The molecular weight excluding hydrogens is 364 g/mol. The van der Waals surface area contributed by atoms with Gasteiger partial charge in [-0.25, -0.2) is 8.42 Å². The fourth-order valence-corrected chi connectivity index (χ4v) is 5.28. The maximum Gasteiger partial charge on any atom is 0.287 e. The molecule has 2 atom stereocenters. The first-order valence-electron chi connectivity index (χ1n) is 9.40. The zero-order valence-electron chi connectivity index (χ0n) is 15.8. The molecule has 1 aromatic heterocycles. The van der Waals surface area contributed by atoms with Crippen molar-refractivity contribution in [3.05, 3.63) is 53.5 Å². The Morgan fingerprint density at radius 3 is 2.78 bits per heavy atom. The van der Waals surface area contributed by atoms with Crippen molar-refractivity contribution >= 4 is 15.7 Å². The Hall–Kier alpha value is -2.12. The van der Waals surface area contributed by atoms with E-state index in [2.05, 4.69) is 12.2 Å². The van der Waals surface area contributed by atoms with Gasteiger partial charge in [0.1, 0.15) is 17.6 Å². The number of carbonyl (C=O) groups is 1. The average Bonchev–Trinajstić information content (AvgIpc) is 3.28. The molecule has 0 saturated carbocycles. The Labute approximate surface area is 160 Å². The minimum atomic E-state index is -3.52. The van der Waals surface area contributed by atoms with Crippen molar-refractivity contribution < 1.29 is 22.5 Å². The predicted octanol–water partition coefficient (Wildman–Crippen LogP) is 1.36. The highest BCUT2D eigenvalue weighted by Crippen LogP contribution is 2.21. The zero-order chi connectivity index (χ0) is 19.4. The van der Waals surface area contributed by atoms with Gasteiger partial charge in [-0.1, -0.05) is 18.2 Å². The van der Waals surface area contributed by atoms with Crippen molar-refractivity contribution in [3.8, 4) is 0 Å². The lowest BCUT2D eigenvalue weighted by Gasteiger charge is -2.19. The number of sulfone groups is 1. The van der Waals surface area contributed by atoms with Gasteiger partial charge in [-0.2, -0.15) is 0 Å². The van der Waals surface area contributed by atoms with Crippen LogP contribution < -0.4 is 10.2 Å². The molecule has 0 bridgehead atoms. The molecule has 1 aliphatic heterocycles. The first-order valence-corrected chi connectivity index (χ1v) is 11.1. The number of furan rings is 1. The number of aryl methyl sites for hydroxylation is 1. The summed E-state index contributed by atoms with van der Waals surface area (Å²) in [5, 5.41) is 2.92. The molecule has 1 amide bonds. The lowest BCUT2D eigenvalue weighted by atomic mass is 10.2. The normalized spacial score (nSPS) is 19.9. The average molecular weight is 392 g/mol. The van der Waals surface area contributed by atoms with Crippen molar-refractivity contribution in [1.29, 1.82) is 0 Å². The molecule has 0 spiro atoms. The summed E-state index contributed by atoms with van der Waals surface area (Å²) in [6, 6.07) is 10.4. The Kier molecular flexibility index (Phi) is 6.01. The molecule has 2 heterocycles. The van der Waals surface area contributed by atoms with Gasteiger partial charge >= 0.3 is 0 Å². The van der Waals surface area contributed by atoms with Gasteiger partial charge in [0.2, 0.25) is 0 Å². The van der Waals surface area contributed by atoms with E-state index in [1.165, 1.54) is 17.4 Å². The highest BCUT2D eigenvalue weighted by molar-refractivity contribution is 7.90. The van der Waals surface area contributed by atoms with E-state index in [0.717, 1.165) is 19.5 Å². The Morgan fingerprint density at radius 2 is 2.04 bits per heavy atom. The summed E-state index contributed by atoms with van der Waals surface area (Å²) in [6.07, 6.45) is 2.30. The second-order valence-electron chi connectivity index (χ2n) is 7.10. The third kappa shape index (κ3) is 4.59. The standard InChI is InChI=1S/C20H26N2O4S/c1-3-22-12-6-8-16(22)13-21-20(23)18-11-10-17(26-18)14-27(24,25)19-9-5-4-7-15(19)2/h4-5,7,9-11,16H,3,6,8,12-14H2,1-2H3,(H,21,23)/p+1. The number of nitrogens with one attached hydrogen (secondary N) is 2. The molecular formula is C20H27N2O4S+. The fourth-order valence-electron chi connectivity index (χ4n) is 3.75. The summed E-state index contributed by atoms with van der Waals surface area (Å²) >= 11 is 0. The summed E-state index contributed by atoms with van der Waals surface area (Å²) in [7, 11) is -3.52. The fraction of sp³-hybridized carbons (Fsp3) is 0.450. The number of carbonyl (C=O) groups excluding carboxylic acids is 1. The van der Waals surface area contributed by atoms with Crippen LogP contribution in [0.5, 0.6) is 0 Å². The van der Waals surface area contributed by atoms with E-state index in [-0.39, 0.29) is 28.1 Å². The Balaban J connectivity index is 1.62. The highest BCUT2D eigenvalue weighted by Gasteiger charge is 2.28. The number of hydrogen-bond donors (Lipinski definition) is 2. The van der Waals surface area contributed by atoms with Crippen molar-refractivity contribution in [3.63, 3.8) is 0 Å². The van der Waals surface area contributed by atoms with Gasteiger partial charge in [0.05, 0.1) is 24.5 Å². The maximum atomic E-state index is 12.6. The lowest BCUT2D eigenvalue weighted by Crippen LogP contribution is -3.14. The molecule has 2 unspecified atom stereocenters. The van der Waals surface area contributed by atoms with Crippen LogP contribution in [0.1, 0.15) is 41.6 Å². The number of hydrogen-bond acceptors (Lipinski definition) is 4. The van der Waals surface area contributed by atoms with Crippen LogP contribution in [-0.4, -0.2) is 40.0 Å². The van der Waals surface area contributed by atoms with E-state index in [1.54, 1.807) is 37.3 Å². The molecule has 27 heavy (non-hydrogen) atoms. The lowest BCUT2D eigenvalue weighted by molar-refractivity contribution is -0.909. The maximum absolute atomic E-state index is 12.6. The summed E-state index contributed by atoms with van der Waals surface area (Å²) in [4.78, 5) is 14.1. The van der Waals surface area contributed by atoms with E-state index < -0.39 is 9.84 Å². The van der Waals surface area contributed by atoms with Crippen LogP contribution in [0, 0.1) is 6.92 Å². The van der Waals surface area contributed by atoms with Crippen LogP contribution >= 0.6 is 0 Å². The predicted molar refractivity (Wildman–Crippen MR) is 103 cm³/mol. The molecule has 7 heteroatoms. The molecule has 0 aliphatic carbocycles. The molecule has 1 saturated heterocycles. The number of amides is 1. The molecule has 3 rings (SSSR count). The van der Waals surface area contributed by atoms with Crippen molar-refractivity contribution in [2.24, 2.45) is 0 Å². The minimum Gasteiger partial charge on any atom is -0.455 e. The first-order chi connectivity index (χ1) is 12.9. The topological polar surface area (TPSA) is 80.8 Å². The van der Waals surface area contributed by atoms with Gasteiger partial charge in [0.25, 0.3) is 5.91 Å². The number of rotatable bonds is 7. The third-order valence-corrected chi connectivity index (χ3v) is 7.03. The van der Waals surface area contributed by atoms with Gasteiger partial charge in [0.15, 0.2) is 15.6 Å². The molecule has 1 fully saturated rings. The summed E-state index contributed by atoms with van der Waals surface area (Å²) < 4.78 is 30.7. The van der Waals surface area contributed by atoms with Gasteiger partial charge in [0, 0.05) is 12.8 Å². The van der Waals surface area contributed by atoms with Crippen LogP contribution in [0.4, 0.5) is 0 Å². The van der Waals surface area contributed by atoms with Gasteiger partial charge < -0.3 is 14.6 Å². The van der Waals surface area contributed by atoms with Crippen molar-refractivity contribution in [2.75, 3.05) is 19.6 Å². The van der Waals surface area contributed by atoms with Crippen LogP contribution in [0.25, 0.3) is 0 Å². The van der Waals surface area contributed by atoms with Crippen LogP contribution in [-0.2, 0) is 15.6 Å². The van der Waals surface area contributed by atoms with E-state index in [0.29, 0.717) is 18.2 Å². The van der Waals surface area contributed by atoms with Crippen molar-refractivity contribution in [2.45, 2.75) is 43.4 Å². The summed E-state index contributed by atoms with van der Waals surface area (Å²) in [6.45, 7) is 6.74. The largest absolute Gasteiger partial charge is 0.455 e. The molecule has 2 aromatic rings. The third-order valence-electron chi connectivity index (χ3n) is 5.24. The van der Waals surface area contributed by atoms with Crippen LogP contribution in [0.15, 0.2) is 45.7 Å². The number of likely N-dealkylation sites (N-methyl/N-ethyl adjacent to an activating group) is 1. The monoisotopic (exact) mass is 391 g/mol. The van der Waals surface area contributed by atoms with E-state index in [1.807, 2.05) is 0 Å². The smallest absolute Gasteiger partial charge is 0.287 e. The van der Waals surface area contributed by atoms with E-state index >= 15 is 0 Å². The molecule has 1 aliphatic rings. The van der Waals surface area contributed by atoms with Gasteiger partial charge in [-0.15, -0.1) is 0 Å². The van der Waals surface area contributed by atoms with E-state index in [9.17, 15) is 13.2 Å². The summed E-state index contributed by atoms with van der Waals surface area (Å²) in [5.41, 5.74) is 0.696. The van der Waals surface area contributed by atoms with Crippen LogP contribution in [0.2, 0.25) is 0 Å². The second-order valence-corrected chi connectivity index (χ2v) is 9.06. The van der Waals surface area contributed by atoms with Crippen molar-refractivity contribution in [1.82, 2.24) is 5.32 Å². The van der Waals surface area contributed by atoms with Gasteiger partial charge in [-0.3, -0.25) is 4.79 Å². The quantitative estimate of drug-likeness (QED) is 0.747. The SMILES string of the molecule is CC[NH+]1CCCC1CNC(=O)c1ccc(CS(=O)(=O)c2ccccc2C)o1. The van der Waals surface area contributed by atoms with Crippen LogP contribution in [0.3, 0.4) is 0 Å². The highest BCUT2D eigenvalue weighted by atomic mass is 32.2. The zero-order valence-corrected chi connectivity index (χ0v) is 16.6. The molecule has 6 nitrogen and oxygen atoms in total. The molecule has 1 aromatic carbocycles.